The Balaban J connectivity index is 1.46. The van der Waals surface area contributed by atoms with Crippen LogP contribution in [0.1, 0.15) is 117 Å². The second kappa shape index (κ2) is 7.80. The van der Waals surface area contributed by atoms with Gasteiger partial charge in [-0.2, -0.15) is 0 Å². The van der Waals surface area contributed by atoms with E-state index in [4.69, 9.17) is 4.52 Å². The predicted molar refractivity (Wildman–Crippen MR) is 141 cm³/mol. The number of allylic oxidation sites excluding steroid dienone is 2. The van der Waals surface area contributed by atoms with Crippen LogP contribution in [-0.2, 0) is 11.2 Å². The number of aliphatic hydroxyl groups is 1. The molecule has 1 aromatic rings. The molecule has 0 aromatic carbocycles. The zero-order valence-corrected chi connectivity index (χ0v) is 23.5. The Kier molecular flexibility index (Phi) is 5.40. The lowest BCUT2D eigenvalue weighted by Crippen LogP contribution is -2.64. The first-order valence-corrected chi connectivity index (χ1v) is 14.7. The second-order valence-corrected chi connectivity index (χ2v) is 15.1. The summed E-state index contributed by atoms with van der Waals surface area (Å²) in [7, 11) is 0. The molecule has 0 amide bonds. The summed E-state index contributed by atoms with van der Waals surface area (Å²) in [5.41, 5.74) is 3.18. The standard InChI is InChI=1S/C32H47NO3/c1-20-22-8-10-30(5)25(29(22,4)17-21-19-33-36-27(20)21)16-24(35)26-23-18-28(2,3)11-13-32(23,9-7-15-34)14-12-31(26,30)6/h16,19-20,22-23,26,34H,7-15,17-18H2,1-6H3/t20-,22-,23-,26-,29-,30+,31+,32+/m0/s1. The number of fused-ring (bicyclic) bond motifs is 8. The van der Waals surface area contributed by atoms with Crippen LogP contribution < -0.4 is 0 Å². The second-order valence-electron chi connectivity index (χ2n) is 15.1. The molecule has 3 fully saturated rings. The van der Waals surface area contributed by atoms with Crippen LogP contribution in [-0.4, -0.2) is 22.7 Å². The van der Waals surface area contributed by atoms with Crippen molar-refractivity contribution in [2.45, 2.75) is 112 Å². The van der Waals surface area contributed by atoms with Crippen molar-refractivity contribution in [1.82, 2.24) is 5.16 Å². The highest BCUT2D eigenvalue weighted by Gasteiger charge is 2.68. The van der Waals surface area contributed by atoms with E-state index in [1.54, 1.807) is 0 Å². The van der Waals surface area contributed by atoms with Crippen molar-refractivity contribution in [1.29, 1.82) is 0 Å². The fourth-order valence-electron chi connectivity index (χ4n) is 10.8. The highest BCUT2D eigenvalue weighted by Crippen LogP contribution is 2.74. The molecule has 198 valence electrons. The molecule has 0 saturated heterocycles. The molecular formula is C32H47NO3. The summed E-state index contributed by atoms with van der Waals surface area (Å²) < 4.78 is 5.72. The number of carbonyl (C=O) groups excluding carboxylic acids is 1. The van der Waals surface area contributed by atoms with E-state index in [1.165, 1.54) is 36.8 Å². The van der Waals surface area contributed by atoms with Gasteiger partial charge in [0.15, 0.2) is 5.78 Å². The van der Waals surface area contributed by atoms with Gasteiger partial charge in [0, 0.05) is 24.0 Å². The van der Waals surface area contributed by atoms with E-state index in [0.29, 0.717) is 23.5 Å². The van der Waals surface area contributed by atoms with Crippen LogP contribution in [0.4, 0.5) is 0 Å². The lowest BCUT2D eigenvalue weighted by Gasteiger charge is -2.69. The Morgan fingerprint density at radius 3 is 2.56 bits per heavy atom. The van der Waals surface area contributed by atoms with Gasteiger partial charge in [-0.3, -0.25) is 4.79 Å². The molecule has 1 N–H and O–H groups in total. The van der Waals surface area contributed by atoms with Gasteiger partial charge in [-0.15, -0.1) is 0 Å². The van der Waals surface area contributed by atoms with E-state index < -0.39 is 0 Å². The van der Waals surface area contributed by atoms with E-state index >= 15 is 0 Å². The van der Waals surface area contributed by atoms with Gasteiger partial charge >= 0.3 is 0 Å². The van der Waals surface area contributed by atoms with Crippen molar-refractivity contribution >= 4 is 5.78 Å². The molecule has 0 unspecified atom stereocenters. The van der Waals surface area contributed by atoms with Crippen molar-refractivity contribution in [3.8, 4) is 0 Å². The van der Waals surface area contributed by atoms with Crippen LogP contribution in [0.3, 0.4) is 0 Å². The molecule has 1 aromatic heterocycles. The van der Waals surface area contributed by atoms with Gasteiger partial charge in [-0.25, -0.2) is 0 Å². The smallest absolute Gasteiger partial charge is 0.159 e. The third-order valence-electron chi connectivity index (χ3n) is 13.0. The highest BCUT2D eigenvalue weighted by atomic mass is 16.5. The first kappa shape index (κ1) is 24.9. The molecule has 0 spiro atoms. The minimum atomic E-state index is -0.0220. The Morgan fingerprint density at radius 2 is 1.81 bits per heavy atom. The van der Waals surface area contributed by atoms with Gasteiger partial charge in [0.05, 0.1) is 6.20 Å². The van der Waals surface area contributed by atoms with Crippen LogP contribution >= 0.6 is 0 Å². The molecule has 0 bridgehead atoms. The molecule has 4 nitrogen and oxygen atoms in total. The minimum absolute atomic E-state index is 0.0128. The maximum atomic E-state index is 14.4. The number of hydrogen-bond donors (Lipinski definition) is 1. The fourth-order valence-corrected chi connectivity index (χ4v) is 10.8. The van der Waals surface area contributed by atoms with Gasteiger partial charge in [0.2, 0.25) is 0 Å². The number of nitrogens with zero attached hydrogens (tertiary/aromatic N) is 1. The molecule has 5 aliphatic rings. The lowest BCUT2D eigenvalue weighted by molar-refractivity contribution is -0.172. The van der Waals surface area contributed by atoms with Crippen LogP contribution in [0, 0.1) is 44.8 Å². The Morgan fingerprint density at radius 1 is 1.06 bits per heavy atom. The van der Waals surface area contributed by atoms with Crippen molar-refractivity contribution < 1.29 is 14.4 Å². The summed E-state index contributed by atoms with van der Waals surface area (Å²) in [5.74, 6) is 2.84. The van der Waals surface area contributed by atoms with E-state index in [9.17, 15) is 9.90 Å². The molecule has 8 atom stereocenters. The van der Waals surface area contributed by atoms with Crippen molar-refractivity contribution in [3.05, 3.63) is 29.2 Å². The van der Waals surface area contributed by atoms with Gasteiger partial charge in [-0.1, -0.05) is 52.3 Å². The summed E-state index contributed by atoms with van der Waals surface area (Å²) in [5, 5.41) is 13.9. The quantitative estimate of drug-likeness (QED) is 0.481. The first-order valence-electron chi connectivity index (χ1n) is 14.7. The normalized spacial score (nSPS) is 47.1. The molecular weight excluding hydrogens is 446 g/mol. The summed E-state index contributed by atoms with van der Waals surface area (Å²) in [6.07, 6.45) is 15.3. The monoisotopic (exact) mass is 493 g/mol. The van der Waals surface area contributed by atoms with Crippen molar-refractivity contribution in [2.24, 2.45) is 44.8 Å². The van der Waals surface area contributed by atoms with Gasteiger partial charge in [-0.05, 0) is 109 Å². The van der Waals surface area contributed by atoms with Gasteiger partial charge in [0.1, 0.15) is 5.76 Å². The number of ketones is 1. The van der Waals surface area contributed by atoms with E-state index in [2.05, 4.69) is 52.8 Å². The Labute approximate surface area is 217 Å². The molecule has 0 radical (unpaired) electrons. The predicted octanol–water partition coefficient (Wildman–Crippen LogP) is 7.27. The number of carbonyl (C=O) groups is 1. The third kappa shape index (κ3) is 3.09. The number of hydrogen-bond acceptors (Lipinski definition) is 4. The summed E-state index contributed by atoms with van der Waals surface area (Å²) in [4.78, 5) is 14.4. The zero-order chi connectivity index (χ0) is 25.7. The number of aromatic nitrogens is 1. The highest BCUT2D eigenvalue weighted by molar-refractivity contribution is 5.95. The molecule has 1 heterocycles. The Hall–Kier alpha value is -1.42. The van der Waals surface area contributed by atoms with Gasteiger partial charge < -0.3 is 9.63 Å². The number of aliphatic hydroxyl groups excluding tert-OH is 1. The van der Waals surface area contributed by atoms with Crippen molar-refractivity contribution in [3.63, 3.8) is 0 Å². The molecule has 4 heteroatoms. The molecule has 3 saturated carbocycles. The Bertz CT molecular complexity index is 1100. The fraction of sp³-hybridized carbons (Fsp3) is 0.812. The SMILES string of the molecule is C[C@@H]1c2oncc2C[C@]2(C)C3=CC(=O)[C@@H]4[C@@H]5CC(C)(C)CC[C@]5(CCCO)CC[C@@]4(C)[C@]3(C)CC[C@@H]12. The average molecular weight is 494 g/mol. The maximum absolute atomic E-state index is 14.4. The first-order chi connectivity index (χ1) is 16.9. The molecule has 0 aliphatic heterocycles. The van der Waals surface area contributed by atoms with Crippen LogP contribution in [0.5, 0.6) is 0 Å². The van der Waals surface area contributed by atoms with E-state index in [-0.39, 0.29) is 39.6 Å². The van der Waals surface area contributed by atoms with Crippen LogP contribution in [0.15, 0.2) is 22.4 Å². The van der Waals surface area contributed by atoms with E-state index in [0.717, 1.165) is 44.3 Å². The zero-order valence-electron chi connectivity index (χ0n) is 23.5. The third-order valence-corrected chi connectivity index (χ3v) is 13.0. The summed E-state index contributed by atoms with van der Waals surface area (Å²) >= 11 is 0. The topological polar surface area (TPSA) is 63.3 Å². The summed E-state index contributed by atoms with van der Waals surface area (Å²) in [6.45, 7) is 14.9. The largest absolute Gasteiger partial charge is 0.396 e. The molecule has 6 rings (SSSR count). The van der Waals surface area contributed by atoms with Gasteiger partial charge in [0.25, 0.3) is 0 Å². The lowest BCUT2D eigenvalue weighted by atomic mass is 9.34. The average Bonchev–Trinajstić information content (AvgIpc) is 3.28. The molecule has 36 heavy (non-hydrogen) atoms. The maximum Gasteiger partial charge on any atom is 0.159 e. The van der Waals surface area contributed by atoms with E-state index in [1.807, 2.05) is 6.20 Å². The summed E-state index contributed by atoms with van der Waals surface area (Å²) in [6, 6.07) is 0. The number of rotatable bonds is 3. The van der Waals surface area contributed by atoms with Crippen molar-refractivity contribution in [2.75, 3.05) is 6.61 Å². The molecule has 5 aliphatic carbocycles. The van der Waals surface area contributed by atoms with Crippen LogP contribution in [0.25, 0.3) is 0 Å². The van der Waals surface area contributed by atoms with Crippen LogP contribution in [0.2, 0.25) is 0 Å². The minimum Gasteiger partial charge on any atom is -0.396 e.